The van der Waals surface area contributed by atoms with Crippen molar-refractivity contribution in [2.45, 2.75) is 37.2 Å². The number of benzene rings is 1. The van der Waals surface area contributed by atoms with Gasteiger partial charge in [0, 0.05) is 25.7 Å². The molecule has 2 aliphatic rings. The fraction of sp³-hybridized carbons (Fsp3) is 0.455. The van der Waals surface area contributed by atoms with Gasteiger partial charge in [-0.15, -0.1) is 5.10 Å². The molecular formula is C22H24ClFN6O2. The zero-order chi connectivity index (χ0) is 22.6. The van der Waals surface area contributed by atoms with Gasteiger partial charge in [0.25, 0.3) is 5.91 Å². The van der Waals surface area contributed by atoms with E-state index in [9.17, 15) is 14.3 Å². The molecule has 2 unspecified atom stereocenters. The summed E-state index contributed by atoms with van der Waals surface area (Å²) in [5.74, 6) is -0.0440. The average molecular weight is 459 g/mol. The van der Waals surface area contributed by atoms with Gasteiger partial charge < -0.3 is 15.0 Å². The van der Waals surface area contributed by atoms with Crippen molar-refractivity contribution in [3.8, 4) is 0 Å². The van der Waals surface area contributed by atoms with Gasteiger partial charge in [-0.2, -0.15) is 0 Å². The van der Waals surface area contributed by atoms with Crippen LogP contribution in [0, 0.1) is 17.7 Å². The Hall–Kier alpha value is -2.78. The smallest absolute Gasteiger partial charge is 0.274 e. The normalized spacial score (nSPS) is 27.0. The average Bonchev–Trinajstić information content (AvgIpc) is 3.48. The molecule has 10 heteroatoms. The number of hydrogen-bond acceptors (Lipinski definition) is 5. The molecule has 168 valence electrons. The molecule has 5 rings (SSSR count). The lowest BCUT2D eigenvalue weighted by molar-refractivity contribution is 0.0299. The highest BCUT2D eigenvalue weighted by molar-refractivity contribution is 6.31. The fourth-order valence-corrected chi connectivity index (χ4v) is 5.62. The van der Waals surface area contributed by atoms with Gasteiger partial charge in [0.05, 0.1) is 23.2 Å². The van der Waals surface area contributed by atoms with Gasteiger partial charge >= 0.3 is 0 Å². The van der Waals surface area contributed by atoms with Crippen LogP contribution in [-0.2, 0) is 19.7 Å². The third-order valence-electron chi connectivity index (χ3n) is 6.86. The lowest BCUT2D eigenvalue weighted by atomic mass is 9.90. The number of nitrogens with zero attached hydrogens (tertiary/aromatic N) is 5. The number of aromatic nitrogens is 5. The number of carbonyl (C=O) groups is 1. The van der Waals surface area contributed by atoms with Crippen molar-refractivity contribution in [2.75, 3.05) is 5.32 Å². The van der Waals surface area contributed by atoms with Crippen molar-refractivity contribution in [3.63, 3.8) is 0 Å². The fourth-order valence-electron chi connectivity index (χ4n) is 5.44. The number of imidazole rings is 1. The van der Waals surface area contributed by atoms with Gasteiger partial charge in [0.2, 0.25) is 0 Å². The highest BCUT2D eigenvalue weighted by Crippen LogP contribution is 2.56. The number of fused-ring (bicyclic) bond motifs is 1. The van der Waals surface area contributed by atoms with E-state index >= 15 is 0 Å². The molecule has 2 N–H and O–H groups in total. The maximum Gasteiger partial charge on any atom is 0.274 e. The molecule has 1 aromatic carbocycles. The van der Waals surface area contributed by atoms with Gasteiger partial charge in [-0.3, -0.25) is 9.48 Å². The predicted molar refractivity (Wildman–Crippen MR) is 116 cm³/mol. The van der Waals surface area contributed by atoms with Gasteiger partial charge in [0.15, 0.2) is 0 Å². The van der Waals surface area contributed by atoms with E-state index in [0.717, 1.165) is 18.5 Å². The highest BCUT2D eigenvalue weighted by Gasteiger charge is 2.51. The van der Waals surface area contributed by atoms with Crippen molar-refractivity contribution in [1.29, 1.82) is 0 Å². The van der Waals surface area contributed by atoms with Crippen LogP contribution in [0.3, 0.4) is 0 Å². The van der Waals surface area contributed by atoms with Crippen molar-refractivity contribution in [2.24, 2.45) is 25.9 Å². The summed E-state index contributed by atoms with van der Waals surface area (Å²) < 4.78 is 16.8. The molecule has 0 saturated heterocycles. The molecule has 3 aromatic rings. The Morgan fingerprint density at radius 2 is 2.00 bits per heavy atom. The molecule has 2 aliphatic carbocycles. The molecule has 2 heterocycles. The number of aliphatic hydroxyl groups is 1. The zero-order valence-corrected chi connectivity index (χ0v) is 18.6. The van der Waals surface area contributed by atoms with Crippen molar-refractivity contribution >= 4 is 23.2 Å². The highest BCUT2D eigenvalue weighted by atomic mass is 35.5. The minimum atomic E-state index is -0.944. The summed E-state index contributed by atoms with van der Waals surface area (Å²) in [6, 6.07) is 4.08. The number of halogens is 2. The number of amides is 1. The second kappa shape index (κ2) is 7.67. The number of nitrogens with one attached hydrogen (secondary N) is 1. The Labute approximate surface area is 189 Å². The summed E-state index contributed by atoms with van der Waals surface area (Å²) in [4.78, 5) is 17.6. The van der Waals surface area contributed by atoms with Crippen LogP contribution in [0.5, 0.6) is 0 Å². The lowest BCUT2D eigenvalue weighted by Crippen LogP contribution is -2.24. The summed E-state index contributed by atoms with van der Waals surface area (Å²) in [6.45, 7) is 0. The molecule has 32 heavy (non-hydrogen) atoms. The molecule has 8 nitrogen and oxygen atoms in total. The summed E-state index contributed by atoms with van der Waals surface area (Å²) in [7, 11) is 3.57. The van der Waals surface area contributed by atoms with Crippen molar-refractivity contribution < 1.29 is 14.3 Å². The maximum absolute atomic E-state index is 13.4. The second-order valence-electron chi connectivity index (χ2n) is 9.08. The van der Waals surface area contributed by atoms with Gasteiger partial charge in [-0.05, 0) is 55.7 Å². The zero-order valence-electron chi connectivity index (χ0n) is 17.8. The summed E-state index contributed by atoms with van der Waals surface area (Å²) >= 11 is 5.84. The van der Waals surface area contributed by atoms with E-state index in [1.54, 1.807) is 35.9 Å². The minimum Gasteiger partial charge on any atom is -0.383 e. The lowest BCUT2D eigenvalue weighted by Gasteiger charge is -2.22. The second-order valence-corrected chi connectivity index (χ2v) is 9.49. The molecule has 2 aromatic heterocycles. The number of aryl methyl sites for hydroxylation is 2. The SMILES string of the molecule is Cn1cc(C2(O)CC3CC(c4ncn(C)c4C(=O)Nc4ccc(F)c(Cl)c4)CC3C2)nn1. The first-order valence-corrected chi connectivity index (χ1v) is 11.0. The van der Waals surface area contributed by atoms with Crippen LogP contribution in [0.4, 0.5) is 10.1 Å². The van der Waals surface area contributed by atoms with Crippen molar-refractivity contribution in [3.05, 3.63) is 58.6 Å². The van der Waals surface area contributed by atoms with Gasteiger partial charge in [-0.25, -0.2) is 9.37 Å². The molecule has 0 spiro atoms. The van der Waals surface area contributed by atoms with Crippen molar-refractivity contribution in [1.82, 2.24) is 24.5 Å². The summed E-state index contributed by atoms with van der Waals surface area (Å²) in [5.41, 5.74) is 1.35. The van der Waals surface area contributed by atoms with E-state index in [0.29, 0.717) is 41.8 Å². The number of anilines is 1. The number of rotatable bonds is 4. The minimum absolute atomic E-state index is 0.0489. The third-order valence-corrected chi connectivity index (χ3v) is 7.15. The Kier molecular flexibility index (Phi) is 5.05. The molecule has 2 saturated carbocycles. The van der Waals surface area contributed by atoms with Crippen LogP contribution in [0.2, 0.25) is 5.02 Å². The molecule has 2 fully saturated rings. The first kappa shape index (κ1) is 21.1. The van der Waals surface area contributed by atoms with Crippen LogP contribution in [0.15, 0.2) is 30.7 Å². The van der Waals surface area contributed by atoms with E-state index in [2.05, 4.69) is 20.6 Å². The Balaban J connectivity index is 1.32. The van der Waals surface area contributed by atoms with E-state index in [4.69, 9.17) is 11.6 Å². The first-order chi connectivity index (χ1) is 15.2. The van der Waals surface area contributed by atoms with E-state index in [-0.39, 0.29) is 16.8 Å². The standard InChI is InChI=1S/C22H24ClFN6O2/c1-29-11-25-19(20(29)21(31)26-15-3-4-17(24)16(23)7-15)12-5-13-8-22(32,9-14(13)6-12)18-10-30(2)28-27-18/h3-4,7,10-14,32H,5-6,8-9H2,1-2H3,(H,26,31). The first-order valence-electron chi connectivity index (χ1n) is 10.6. The largest absolute Gasteiger partial charge is 0.383 e. The van der Waals surface area contributed by atoms with Crippen LogP contribution >= 0.6 is 11.6 Å². The maximum atomic E-state index is 13.4. The van der Waals surface area contributed by atoms with E-state index < -0.39 is 11.4 Å². The molecular weight excluding hydrogens is 435 g/mol. The quantitative estimate of drug-likeness (QED) is 0.624. The predicted octanol–water partition coefficient (Wildman–Crippen LogP) is 3.38. The molecule has 0 aliphatic heterocycles. The topological polar surface area (TPSA) is 97.9 Å². The van der Waals surface area contributed by atoms with E-state index in [1.165, 1.54) is 18.2 Å². The van der Waals surface area contributed by atoms with Crippen LogP contribution in [-0.4, -0.2) is 35.6 Å². The van der Waals surface area contributed by atoms with Crippen LogP contribution < -0.4 is 5.32 Å². The molecule has 0 bridgehead atoms. The summed E-state index contributed by atoms with van der Waals surface area (Å²) in [5, 5.41) is 22.0. The number of hydrogen-bond donors (Lipinski definition) is 2. The Bertz CT molecular complexity index is 1180. The molecule has 0 radical (unpaired) electrons. The van der Waals surface area contributed by atoms with Gasteiger partial charge in [0.1, 0.15) is 22.8 Å². The third kappa shape index (κ3) is 3.59. The monoisotopic (exact) mass is 458 g/mol. The van der Waals surface area contributed by atoms with Crippen LogP contribution in [0.25, 0.3) is 0 Å². The summed E-state index contributed by atoms with van der Waals surface area (Å²) in [6.07, 6.45) is 6.40. The molecule has 2 atom stereocenters. The van der Waals surface area contributed by atoms with Crippen LogP contribution in [0.1, 0.15) is 53.5 Å². The Morgan fingerprint density at radius 1 is 1.28 bits per heavy atom. The number of carbonyl (C=O) groups excluding carboxylic acids is 1. The van der Waals surface area contributed by atoms with E-state index in [1.807, 2.05) is 0 Å². The molecule has 1 amide bonds. The van der Waals surface area contributed by atoms with Gasteiger partial charge in [-0.1, -0.05) is 16.8 Å². The Morgan fingerprint density at radius 3 is 2.62 bits per heavy atom.